The summed E-state index contributed by atoms with van der Waals surface area (Å²) in [5, 5.41) is 0. The van der Waals surface area contributed by atoms with Crippen molar-refractivity contribution in [2.24, 2.45) is 0 Å². The number of fused-ring (bicyclic) bond motifs is 1. The Balaban J connectivity index is 2.01. The highest BCUT2D eigenvalue weighted by Crippen LogP contribution is 2.18. The van der Waals surface area contributed by atoms with Crippen LogP contribution in [0.25, 0.3) is 5.52 Å². The number of pyridine rings is 1. The fourth-order valence-electron chi connectivity index (χ4n) is 3.42. The summed E-state index contributed by atoms with van der Waals surface area (Å²) >= 11 is 0. The van der Waals surface area contributed by atoms with E-state index in [9.17, 15) is 9.59 Å². The van der Waals surface area contributed by atoms with E-state index in [1.807, 2.05) is 43.1 Å². The topological polar surface area (TPSA) is 57.9 Å². The monoisotopic (exact) mass is 342 g/mol. The maximum Gasteiger partial charge on any atom is 0.290 e. The van der Waals surface area contributed by atoms with Crippen LogP contribution in [0.3, 0.4) is 0 Å². The number of carbonyl (C=O) groups excluding carboxylic acids is 2. The van der Waals surface area contributed by atoms with Crippen molar-refractivity contribution in [3.63, 3.8) is 0 Å². The molecular weight excluding hydrogens is 316 g/mol. The Labute approximate surface area is 148 Å². The van der Waals surface area contributed by atoms with Crippen LogP contribution >= 0.6 is 0 Å². The Hall–Kier alpha value is -2.37. The van der Waals surface area contributed by atoms with Crippen LogP contribution in [0.1, 0.15) is 60.6 Å². The molecule has 0 unspecified atom stereocenters. The molecule has 2 amide bonds. The first-order chi connectivity index (χ1) is 12.2. The zero-order valence-corrected chi connectivity index (χ0v) is 15.1. The number of carbonyl (C=O) groups is 2. The van der Waals surface area contributed by atoms with Crippen molar-refractivity contribution in [3.8, 4) is 0 Å². The summed E-state index contributed by atoms with van der Waals surface area (Å²) in [6.45, 7) is 6.67. The molecule has 3 rings (SSSR count). The number of amides is 2. The number of nitrogens with zero attached hydrogens (tertiary/aromatic N) is 4. The van der Waals surface area contributed by atoms with E-state index in [0.29, 0.717) is 30.1 Å². The molecular formula is C19H26N4O2. The zero-order valence-electron chi connectivity index (χ0n) is 15.1. The summed E-state index contributed by atoms with van der Waals surface area (Å²) in [7, 11) is 0. The summed E-state index contributed by atoms with van der Waals surface area (Å²) in [5.41, 5.74) is 1.06. The van der Waals surface area contributed by atoms with Gasteiger partial charge >= 0.3 is 0 Å². The van der Waals surface area contributed by atoms with E-state index in [4.69, 9.17) is 0 Å². The number of hydrogen-bond acceptors (Lipinski definition) is 3. The van der Waals surface area contributed by atoms with Crippen LogP contribution in [0, 0.1) is 0 Å². The van der Waals surface area contributed by atoms with Gasteiger partial charge in [0.1, 0.15) is 0 Å². The Morgan fingerprint density at radius 3 is 2.40 bits per heavy atom. The van der Waals surface area contributed by atoms with Gasteiger partial charge < -0.3 is 9.80 Å². The van der Waals surface area contributed by atoms with E-state index < -0.39 is 0 Å². The molecule has 3 heterocycles. The van der Waals surface area contributed by atoms with Crippen LogP contribution < -0.4 is 0 Å². The molecule has 1 aliphatic rings. The summed E-state index contributed by atoms with van der Waals surface area (Å²) in [4.78, 5) is 33.9. The average Bonchev–Trinajstić information content (AvgIpc) is 2.81. The molecule has 0 spiro atoms. The standard InChI is InChI=1S/C19H26N4O2/c1-3-21(4-2)18(24)16-15-11-7-10-14-23(15)17(20-16)19(25)22-12-8-5-6-9-13-22/h7,10-11,14H,3-6,8-9,12-13H2,1-2H3. The minimum Gasteiger partial charge on any atom is -0.338 e. The second-order valence-corrected chi connectivity index (χ2v) is 6.42. The molecule has 0 N–H and O–H groups in total. The molecule has 6 heteroatoms. The van der Waals surface area contributed by atoms with Gasteiger partial charge in [-0.2, -0.15) is 0 Å². The Bertz CT molecular complexity index is 756. The van der Waals surface area contributed by atoms with Crippen molar-refractivity contribution in [1.29, 1.82) is 0 Å². The fraction of sp³-hybridized carbons (Fsp3) is 0.526. The van der Waals surface area contributed by atoms with Gasteiger partial charge in [-0.1, -0.05) is 18.9 Å². The molecule has 0 atom stereocenters. The molecule has 25 heavy (non-hydrogen) atoms. The number of hydrogen-bond donors (Lipinski definition) is 0. The molecule has 134 valence electrons. The second-order valence-electron chi connectivity index (χ2n) is 6.42. The van der Waals surface area contributed by atoms with E-state index in [-0.39, 0.29) is 11.8 Å². The lowest BCUT2D eigenvalue weighted by Crippen LogP contribution is -2.33. The summed E-state index contributed by atoms with van der Waals surface area (Å²) in [6.07, 6.45) is 6.20. The van der Waals surface area contributed by atoms with Crippen LogP contribution in [0.5, 0.6) is 0 Å². The third kappa shape index (κ3) is 3.38. The van der Waals surface area contributed by atoms with Gasteiger partial charge in [0.25, 0.3) is 11.8 Å². The number of aromatic nitrogens is 2. The molecule has 0 radical (unpaired) electrons. The van der Waals surface area contributed by atoms with Gasteiger partial charge in [0.05, 0.1) is 5.52 Å². The van der Waals surface area contributed by atoms with Gasteiger partial charge in [-0.25, -0.2) is 4.98 Å². The third-order valence-corrected chi connectivity index (χ3v) is 4.89. The molecule has 0 saturated carbocycles. The number of imidazole rings is 1. The Kier molecular flexibility index (Phi) is 5.36. The van der Waals surface area contributed by atoms with Crippen molar-refractivity contribution < 1.29 is 9.59 Å². The molecule has 1 saturated heterocycles. The van der Waals surface area contributed by atoms with Gasteiger partial charge in [0.15, 0.2) is 5.69 Å². The second kappa shape index (κ2) is 7.68. The zero-order chi connectivity index (χ0) is 17.8. The molecule has 1 aliphatic heterocycles. The maximum absolute atomic E-state index is 13.0. The minimum absolute atomic E-state index is 0.0818. The van der Waals surface area contributed by atoms with Crippen molar-refractivity contribution in [2.45, 2.75) is 39.5 Å². The van der Waals surface area contributed by atoms with Crippen LogP contribution in [0.15, 0.2) is 24.4 Å². The Morgan fingerprint density at radius 1 is 1.08 bits per heavy atom. The maximum atomic E-state index is 13.0. The molecule has 6 nitrogen and oxygen atoms in total. The van der Waals surface area contributed by atoms with Crippen LogP contribution in [-0.4, -0.2) is 57.2 Å². The highest BCUT2D eigenvalue weighted by atomic mass is 16.2. The number of likely N-dealkylation sites (tertiary alicyclic amines) is 1. The van der Waals surface area contributed by atoms with E-state index in [2.05, 4.69) is 4.98 Å². The van der Waals surface area contributed by atoms with E-state index in [0.717, 1.165) is 38.8 Å². The highest BCUT2D eigenvalue weighted by molar-refractivity contribution is 6.02. The van der Waals surface area contributed by atoms with Gasteiger partial charge in [-0.15, -0.1) is 0 Å². The quantitative estimate of drug-likeness (QED) is 0.858. The predicted molar refractivity (Wildman–Crippen MR) is 96.8 cm³/mol. The highest BCUT2D eigenvalue weighted by Gasteiger charge is 2.27. The fourth-order valence-corrected chi connectivity index (χ4v) is 3.42. The minimum atomic E-state index is -0.122. The first-order valence-electron chi connectivity index (χ1n) is 9.23. The first-order valence-corrected chi connectivity index (χ1v) is 9.23. The lowest BCUT2D eigenvalue weighted by atomic mass is 10.2. The van der Waals surface area contributed by atoms with Gasteiger partial charge in [-0.05, 0) is 38.8 Å². The summed E-state index contributed by atoms with van der Waals surface area (Å²) in [5.74, 6) is 0.137. The van der Waals surface area contributed by atoms with E-state index in [1.165, 1.54) is 0 Å². The van der Waals surface area contributed by atoms with E-state index in [1.54, 1.807) is 9.30 Å². The first kappa shape index (κ1) is 17.5. The third-order valence-electron chi connectivity index (χ3n) is 4.89. The lowest BCUT2D eigenvalue weighted by Gasteiger charge is -2.19. The van der Waals surface area contributed by atoms with Crippen LogP contribution in [0.2, 0.25) is 0 Å². The van der Waals surface area contributed by atoms with Crippen molar-refractivity contribution in [2.75, 3.05) is 26.2 Å². The lowest BCUT2D eigenvalue weighted by molar-refractivity contribution is 0.0748. The molecule has 0 bridgehead atoms. The van der Waals surface area contributed by atoms with Gasteiger partial charge in [0.2, 0.25) is 5.82 Å². The molecule has 2 aromatic rings. The normalized spacial score (nSPS) is 15.2. The van der Waals surface area contributed by atoms with Crippen molar-refractivity contribution >= 4 is 17.3 Å². The SMILES string of the molecule is CCN(CC)C(=O)c1nc(C(=O)N2CCCCCC2)n2ccccc12. The summed E-state index contributed by atoms with van der Waals surface area (Å²) < 4.78 is 1.75. The Morgan fingerprint density at radius 2 is 1.76 bits per heavy atom. The average molecular weight is 342 g/mol. The van der Waals surface area contributed by atoms with Gasteiger partial charge in [0, 0.05) is 32.4 Å². The molecule has 0 aliphatic carbocycles. The number of rotatable bonds is 4. The smallest absolute Gasteiger partial charge is 0.290 e. The molecule has 0 aromatic carbocycles. The van der Waals surface area contributed by atoms with Crippen LogP contribution in [0.4, 0.5) is 0 Å². The molecule has 2 aromatic heterocycles. The van der Waals surface area contributed by atoms with Crippen LogP contribution in [-0.2, 0) is 0 Å². The predicted octanol–water partition coefficient (Wildman–Crippen LogP) is 2.83. The van der Waals surface area contributed by atoms with Crippen molar-refractivity contribution in [1.82, 2.24) is 19.2 Å². The molecule has 1 fully saturated rings. The van der Waals surface area contributed by atoms with E-state index >= 15 is 0 Å². The largest absolute Gasteiger partial charge is 0.338 e. The van der Waals surface area contributed by atoms with Gasteiger partial charge in [-0.3, -0.25) is 14.0 Å². The summed E-state index contributed by atoms with van der Waals surface area (Å²) in [6, 6.07) is 5.58. The van der Waals surface area contributed by atoms with Crippen molar-refractivity contribution in [3.05, 3.63) is 35.9 Å².